The van der Waals surface area contributed by atoms with Gasteiger partial charge in [-0.2, -0.15) is 0 Å². The number of anilines is 1. The van der Waals surface area contributed by atoms with Crippen LogP contribution in [0.15, 0.2) is 54.6 Å². The molecule has 0 saturated carbocycles. The summed E-state index contributed by atoms with van der Waals surface area (Å²) in [7, 11) is 0. The van der Waals surface area contributed by atoms with Gasteiger partial charge in [-0.1, -0.05) is 30.3 Å². The van der Waals surface area contributed by atoms with E-state index in [1.165, 1.54) is 0 Å². The maximum atomic E-state index is 11.7. The van der Waals surface area contributed by atoms with Gasteiger partial charge in [-0.3, -0.25) is 9.59 Å². The van der Waals surface area contributed by atoms with E-state index >= 15 is 0 Å². The van der Waals surface area contributed by atoms with Crippen LogP contribution >= 0.6 is 0 Å². The van der Waals surface area contributed by atoms with Gasteiger partial charge in [0.05, 0.1) is 6.54 Å². The number of carbonyl (C=O) groups excluding carboxylic acids is 2. The monoisotopic (exact) mass is 298 g/mol. The van der Waals surface area contributed by atoms with Crippen molar-refractivity contribution in [3.8, 4) is 5.75 Å². The number of benzene rings is 2. The summed E-state index contributed by atoms with van der Waals surface area (Å²) in [6, 6.07) is 16.5. The van der Waals surface area contributed by atoms with Gasteiger partial charge in [0.1, 0.15) is 5.75 Å². The van der Waals surface area contributed by atoms with E-state index in [1.54, 1.807) is 18.2 Å². The van der Waals surface area contributed by atoms with Crippen LogP contribution in [-0.2, 0) is 9.59 Å². The highest BCUT2D eigenvalue weighted by Gasteiger charge is 2.06. The normalized spacial score (nSPS) is 9.86. The largest absolute Gasteiger partial charge is 0.484 e. The van der Waals surface area contributed by atoms with Crippen LogP contribution in [0.25, 0.3) is 0 Å². The molecule has 0 atom stereocenters. The predicted octanol–water partition coefficient (Wildman–Crippen LogP) is 2.13. The number of ether oxygens (including phenoxy) is 1. The van der Waals surface area contributed by atoms with E-state index in [-0.39, 0.29) is 25.0 Å². The molecule has 0 aromatic heterocycles. The molecular formula is C17H18N2O3. The number of hydrogen-bond acceptors (Lipinski definition) is 3. The summed E-state index contributed by atoms with van der Waals surface area (Å²) >= 11 is 0. The van der Waals surface area contributed by atoms with Crippen LogP contribution in [0.4, 0.5) is 5.69 Å². The number of hydrogen-bond donors (Lipinski definition) is 2. The summed E-state index contributed by atoms with van der Waals surface area (Å²) in [6.45, 7) is 1.73. The van der Waals surface area contributed by atoms with Gasteiger partial charge in [-0.05, 0) is 36.8 Å². The first-order valence-electron chi connectivity index (χ1n) is 6.94. The number of nitrogens with one attached hydrogen (secondary N) is 2. The molecule has 0 spiro atoms. The van der Waals surface area contributed by atoms with E-state index in [1.807, 2.05) is 43.3 Å². The van der Waals surface area contributed by atoms with Gasteiger partial charge in [0, 0.05) is 5.69 Å². The maximum Gasteiger partial charge on any atom is 0.258 e. The summed E-state index contributed by atoms with van der Waals surface area (Å²) in [5.41, 5.74) is 1.76. The molecule has 2 amide bonds. The van der Waals surface area contributed by atoms with Crippen LogP contribution in [0, 0.1) is 6.92 Å². The van der Waals surface area contributed by atoms with Crippen molar-refractivity contribution in [1.82, 2.24) is 5.32 Å². The highest BCUT2D eigenvalue weighted by Crippen LogP contribution is 2.09. The molecule has 114 valence electrons. The Kier molecular flexibility index (Phi) is 5.54. The number of amides is 2. The molecule has 0 saturated heterocycles. The van der Waals surface area contributed by atoms with Crippen molar-refractivity contribution in [2.24, 2.45) is 0 Å². The molecule has 2 aromatic rings. The van der Waals surface area contributed by atoms with Crippen molar-refractivity contribution in [2.45, 2.75) is 6.92 Å². The fourth-order valence-electron chi connectivity index (χ4n) is 1.82. The van der Waals surface area contributed by atoms with Gasteiger partial charge in [-0.25, -0.2) is 0 Å². The van der Waals surface area contributed by atoms with Crippen molar-refractivity contribution in [3.63, 3.8) is 0 Å². The Balaban J connectivity index is 1.70. The van der Waals surface area contributed by atoms with Crippen LogP contribution in [-0.4, -0.2) is 25.0 Å². The molecule has 0 fully saturated rings. The molecule has 0 bridgehead atoms. The lowest BCUT2D eigenvalue weighted by molar-refractivity contribution is -0.125. The molecule has 5 heteroatoms. The molecule has 2 rings (SSSR count). The van der Waals surface area contributed by atoms with Crippen molar-refractivity contribution in [3.05, 3.63) is 60.2 Å². The smallest absolute Gasteiger partial charge is 0.258 e. The van der Waals surface area contributed by atoms with Gasteiger partial charge in [0.25, 0.3) is 5.91 Å². The van der Waals surface area contributed by atoms with Crippen LogP contribution in [0.5, 0.6) is 5.75 Å². The molecule has 22 heavy (non-hydrogen) atoms. The van der Waals surface area contributed by atoms with Gasteiger partial charge in [0.2, 0.25) is 5.91 Å². The lowest BCUT2D eigenvalue weighted by Crippen LogP contribution is -2.35. The molecule has 5 nitrogen and oxygen atoms in total. The van der Waals surface area contributed by atoms with Gasteiger partial charge in [-0.15, -0.1) is 0 Å². The first kappa shape index (κ1) is 15.6. The van der Waals surface area contributed by atoms with Gasteiger partial charge in [0.15, 0.2) is 6.61 Å². The van der Waals surface area contributed by atoms with E-state index in [0.717, 1.165) is 5.56 Å². The summed E-state index contributed by atoms with van der Waals surface area (Å²) in [5, 5.41) is 5.23. The van der Waals surface area contributed by atoms with Crippen LogP contribution in [0.3, 0.4) is 0 Å². The average molecular weight is 298 g/mol. The topological polar surface area (TPSA) is 67.4 Å². The number of carbonyl (C=O) groups is 2. The van der Waals surface area contributed by atoms with Crippen LogP contribution in [0.1, 0.15) is 5.56 Å². The maximum absolute atomic E-state index is 11.7. The minimum Gasteiger partial charge on any atom is -0.484 e. The zero-order valence-corrected chi connectivity index (χ0v) is 12.3. The second-order valence-electron chi connectivity index (χ2n) is 4.80. The molecule has 0 aliphatic carbocycles. The molecule has 0 aliphatic heterocycles. The summed E-state index contributed by atoms with van der Waals surface area (Å²) < 4.78 is 5.29. The van der Waals surface area contributed by atoms with Crippen LogP contribution < -0.4 is 15.4 Å². The summed E-state index contributed by atoms with van der Waals surface area (Å²) in [6.07, 6.45) is 0. The summed E-state index contributed by atoms with van der Waals surface area (Å²) in [5.74, 6) is -0.0104. The fraction of sp³-hybridized carbons (Fsp3) is 0.176. The van der Waals surface area contributed by atoms with Gasteiger partial charge >= 0.3 is 0 Å². The molecule has 0 radical (unpaired) electrons. The molecular weight excluding hydrogens is 280 g/mol. The van der Waals surface area contributed by atoms with Crippen molar-refractivity contribution < 1.29 is 14.3 Å². The summed E-state index contributed by atoms with van der Waals surface area (Å²) in [4.78, 5) is 23.3. The number of rotatable bonds is 6. The zero-order valence-electron chi connectivity index (χ0n) is 12.3. The highest BCUT2D eigenvalue weighted by molar-refractivity contribution is 5.94. The zero-order chi connectivity index (χ0) is 15.8. The first-order valence-corrected chi connectivity index (χ1v) is 6.94. The minimum absolute atomic E-state index is 0.0923. The quantitative estimate of drug-likeness (QED) is 0.858. The van der Waals surface area contributed by atoms with Crippen molar-refractivity contribution >= 4 is 17.5 Å². The van der Waals surface area contributed by atoms with Crippen LogP contribution in [0.2, 0.25) is 0 Å². The lowest BCUT2D eigenvalue weighted by Gasteiger charge is -2.08. The Morgan fingerprint density at radius 3 is 2.50 bits per heavy atom. The fourth-order valence-corrected chi connectivity index (χ4v) is 1.82. The minimum atomic E-state index is -0.344. The standard InChI is InChI=1S/C17H18N2O3/c1-13-6-5-7-14(10-13)19-16(20)11-18-17(21)12-22-15-8-3-2-4-9-15/h2-10H,11-12H2,1H3,(H,18,21)(H,19,20). The van der Waals surface area contributed by atoms with E-state index in [2.05, 4.69) is 10.6 Å². The third-order valence-electron chi connectivity index (χ3n) is 2.86. The Hall–Kier alpha value is -2.82. The van der Waals surface area contributed by atoms with E-state index in [4.69, 9.17) is 4.74 Å². The molecule has 2 N–H and O–H groups in total. The number of aryl methyl sites for hydroxylation is 1. The highest BCUT2D eigenvalue weighted by atomic mass is 16.5. The number of para-hydroxylation sites is 1. The molecule has 2 aromatic carbocycles. The third-order valence-corrected chi connectivity index (χ3v) is 2.86. The SMILES string of the molecule is Cc1cccc(NC(=O)CNC(=O)COc2ccccc2)c1. The third kappa shape index (κ3) is 5.28. The first-order chi connectivity index (χ1) is 10.6. The Labute approximate surface area is 129 Å². The predicted molar refractivity (Wildman–Crippen MR) is 84.8 cm³/mol. The Bertz CT molecular complexity index is 641. The van der Waals surface area contributed by atoms with E-state index in [0.29, 0.717) is 11.4 Å². The van der Waals surface area contributed by atoms with E-state index in [9.17, 15) is 9.59 Å². The van der Waals surface area contributed by atoms with Crippen molar-refractivity contribution in [1.29, 1.82) is 0 Å². The lowest BCUT2D eigenvalue weighted by atomic mass is 10.2. The average Bonchev–Trinajstić information content (AvgIpc) is 2.52. The van der Waals surface area contributed by atoms with Crippen molar-refractivity contribution in [2.75, 3.05) is 18.5 Å². The molecule has 0 unspecified atom stereocenters. The Morgan fingerprint density at radius 2 is 1.77 bits per heavy atom. The molecule has 0 heterocycles. The van der Waals surface area contributed by atoms with E-state index < -0.39 is 0 Å². The molecule has 0 aliphatic rings. The second kappa shape index (κ2) is 7.83. The Morgan fingerprint density at radius 1 is 1.00 bits per heavy atom. The van der Waals surface area contributed by atoms with Gasteiger partial charge < -0.3 is 15.4 Å². The second-order valence-corrected chi connectivity index (χ2v) is 4.80.